The van der Waals surface area contributed by atoms with E-state index >= 15 is 0 Å². The molecular weight excluding hydrogens is 487 g/mol. The Morgan fingerprint density at radius 3 is 1.53 bits per heavy atom. The van der Waals surface area contributed by atoms with E-state index in [0.717, 1.165) is 31.5 Å². The van der Waals surface area contributed by atoms with Gasteiger partial charge in [0.25, 0.3) is 0 Å². The van der Waals surface area contributed by atoms with E-state index in [9.17, 15) is 0 Å². The van der Waals surface area contributed by atoms with Crippen LogP contribution in [0.2, 0.25) is 78.1 Å². The summed E-state index contributed by atoms with van der Waals surface area (Å²) in [6, 6.07) is 0.922. The Morgan fingerprint density at radius 2 is 1.16 bits per heavy atom. The van der Waals surface area contributed by atoms with Crippen LogP contribution in [-0.4, -0.2) is 79.6 Å². The van der Waals surface area contributed by atoms with Crippen molar-refractivity contribution in [3.05, 3.63) is 0 Å². The second kappa shape index (κ2) is 10.8. The molecule has 0 aromatic carbocycles. The zero-order valence-electron chi connectivity index (χ0n) is 22.8. The number of piperidine rings is 3. The summed E-state index contributed by atoms with van der Waals surface area (Å²) in [4.78, 5) is 2.56. The van der Waals surface area contributed by atoms with E-state index in [-0.39, 0.29) is 0 Å². The summed E-state index contributed by atoms with van der Waals surface area (Å²) in [5.74, 6) is 0.754. The fraction of sp³-hybridized carbons (Fsp3) is 1.00. The standard InChI is InChI=1S/C21H51NO5Si5/c1-28(2,3)24-30(7,8)26-32(11,27-31(9,10)25-29(4,5)6)18-12-17-23-21-19-22-15-13-20(21)14-16-22/h20-21H,12-19H2,1-11H3. The highest BCUT2D eigenvalue weighted by Gasteiger charge is 2.47. The average molecular weight is 538 g/mol. The fourth-order valence-electron chi connectivity index (χ4n) is 5.41. The Hall–Kier alpha value is 0.844. The Morgan fingerprint density at radius 1 is 0.688 bits per heavy atom. The third-order valence-electron chi connectivity index (χ3n) is 5.73. The van der Waals surface area contributed by atoms with Gasteiger partial charge in [-0.1, -0.05) is 0 Å². The van der Waals surface area contributed by atoms with Gasteiger partial charge in [-0.05, 0) is 116 Å². The molecule has 0 aromatic rings. The molecule has 3 fully saturated rings. The minimum atomic E-state index is -2.50. The lowest BCUT2D eigenvalue weighted by atomic mass is 9.86. The highest BCUT2D eigenvalue weighted by molar-refractivity contribution is 6.90. The van der Waals surface area contributed by atoms with Crippen molar-refractivity contribution in [2.24, 2.45) is 5.92 Å². The number of hydrogen-bond acceptors (Lipinski definition) is 6. The van der Waals surface area contributed by atoms with Crippen LogP contribution in [0.1, 0.15) is 19.3 Å². The van der Waals surface area contributed by atoms with E-state index in [1.807, 2.05) is 0 Å². The third kappa shape index (κ3) is 10.6. The van der Waals surface area contributed by atoms with Crippen molar-refractivity contribution in [2.75, 3.05) is 26.2 Å². The zero-order valence-corrected chi connectivity index (χ0v) is 27.8. The van der Waals surface area contributed by atoms with Crippen LogP contribution in [0.3, 0.4) is 0 Å². The molecule has 3 saturated heterocycles. The molecule has 3 aliphatic rings. The van der Waals surface area contributed by atoms with E-state index in [1.54, 1.807) is 0 Å². The van der Waals surface area contributed by atoms with Gasteiger partial charge in [0.15, 0.2) is 16.6 Å². The molecule has 0 radical (unpaired) electrons. The van der Waals surface area contributed by atoms with Crippen LogP contribution in [-0.2, 0) is 21.2 Å². The second-order valence-electron chi connectivity index (χ2n) is 12.7. The molecule has 2 bridgehead atoms. The third-order valence-corrected chi connectivity index (χ3v) is 23.2. The molecule has 0 aromatic heterocycles. The maximum absolute atomic E-state index is 6.87. The molecule has 3 aliphatic heterocycles. The molecule has 0 amide bonds. The van der Waals surface area contributed by atoms with E-state index in [2.05, 4.69) is 76.9 Å². The maximum atomic E-state index is 6.87. The normalized spacial score (nSPS) is 25.4. The van der Waals surface area contributed by atoms with E-state index < -0.39 is 42.3 Å². The number of nitrogens with zero attached hydrogens (tertiary/aromatic N) is 1. The van der Waals surface area contributed by atoms with Crippen LogP contribution in [0.15, 0.2) is 0 Å². The predicted molar refractivity (Wildman–Crippen MR) is 146 cm³/mol. The van der Waals surface area contributed by atoms with Gasteiger partial charge in [0.1, 0.15) is 0 Å². The lowest BCUT2D eigenvalue weighted by Crippen LogP contribution is -2.59. The summed E-state index contributed by atoms with van der Waals surface area (Å²) in [7, 11) is -10.5. The van der Waals surface area contributed by atoms with Crippen molar-refractivity contribution in [3.63, 3.8) is 0 Å². The SMILES string of the molecule is C[Si](C)(C)O[Si](C)(C)O[Si](C)(CCCOC1CN2CCC1CC2)O[Si](C)(C)O[Si](C)(C)C. The molecule has 3 heterocycles. The molecule has 1 atom stereocenters. The minimum absolute atomic E-state index is 0.411. The first-order valence-electron chi connectivity index (χ1n) is 12.5. The van der Waals surface area contributed by atoms with E-state index in [0.29, 0.717) is 6.10 Å². The monoisotopic (exact) mass is 537 g/mol. The van der Waals surface area contributed by atoms with Crippen molar-refractivity contribution in [2.45, 2.75) is 103 Å². The predicted octanol–water partition coefficient (Wildman–Crippen LogP) is 5.70. The van der Waals surface area contributed by atoms with Crippen molar-refractivity contribution >= 4 is 42.3 Å². The van der Waals surface area contributed by atoms with Crippen LogP contribution in [0, 0.1) is 5.92 Å². The van der Waals surface area contributed by atoms with Crippen LogP contribution in [0.5, 0.6) is 0 Å². The van der Waals surface area contributed by atoms with E-state index in [1.165, 1.54) is 25.9 Å². The zero-order chi connectivity index (χ0) is 24.4. The van der Waals surface area contributed by atoms with Gasteiger partial charge in [-0.25, -0.2) is 0 Å². The van der Waals surface area contributed by atoms with E-state index in [4.69, 9.17) is 21.2 Å². The number of rotatable bonds is 13. The summed E-state index contributed by atoms with van der Waals surface area (Å²) >= 11 is 0. The van der Waals surface area contributed by atoms with Crippen LogP contribution >= 0.6 is 0 Å². The van der Waals surface area contributed by atoms with Crippen molar-refractivity contribution in [1.82, 2.24) is 4.90 Å². The largest absolute Gasteiger partial charge is 0.437 e. The van der Waals surface area contributed by atoms with Crippen molar-refractivity contribution < 1.29 is 21.2 Å². The van der Waals surface area contributed by atoms with Crippen LogP contribution < -0.4 is 0 Å². The van der Waals surface area contributed by atoms with Gasteiger partial charge in [0.2, 0.25) is 0 Å². The number of fused-ring (bicyclic) bond motifs is 3. The minimum Gasteiger partial charge on any atom is -0.437 e. The van der Waals surface area contributed by atoms with Crippen LogP contribution in [0.25, 0.3) is 0 Å². The van der Waals surface area contributed by atoms with Gasteiger partial charge in [0.05, 0.1) is 6.10 Å². The number of hydrogen-bond donors (Lipinski definition) is 0. The highest BCUT2D eigenvalue weighted by atomic mass is 28.5. The molecule has 0 N–H and O–H groups in total. The first kappa shape index (κ1) is 29.1. The lowest BCUT2D eigenvalue weighted by molar-refractivity contribution is -0.0692. The smallest absolute Gasteiger partial charge is 0.317 e. The lowest BCUT2D eigenvalue weighted by Gasteiger charge is -2.44. The molecule has 1 unspecified atom stereocenters. The van der Waals surface area contributed by atoms with Gasteiger partial charge in [0, 0.05) is 13.2 Å². The van der Waals surface area contributed by atoms with Crippen molar-refractivity contribution in [1.29, 1.82) is 0 Å². The first-order chi connectivity index (χ1) is 14.4. The topological polar surface area (TPSA) is 49.4 Å². The summed E-state index contributed by atoms with van der Waals surface area (Å²) in [6.45, 7) is 28.8. The molecular formula is C21H51NO5Si5. The van der Waals surface area contributed by atoms with Gasteiger partial charge >= 0.3 is 25.7 Å². The quantitative estimate of drug-likeness (QED) is 0.222. The van der Waals surface area contributed by atoms with Gasteiger partial charge in [-0.15, -0.1) is 0 Å². The van der Waals surface area contributed by atoms with Gasteiger partial charge in [-0.2, -0.15) is 0 Å². The molecule has 6 nitrogen and oxygen atoms in total. The molecule has 11 heteroatoms. The summed E-state index contributed by atoms with van der Waals surface area (Å²) < 4.78 is 33.2. The summed E-state index contributed by atoms with van der Waals surface area (Å²) in [5.41, 5.74) is 0. The maximum Gasteiger partial charge on any atom is 0.317 e. The molecule has 0 saturated carbocycles. The average Bonchev–Trinajstić information content (AvgIpc) is 2.54. The van der Waals surface area contributed by atoms with Crippen LogP contribution in [0.4, 0.5) is 0 Å². The molecule has 0 spiro atoms. The van der Waals surface area contributed by atoms with Gasteiger partial charge in [-0.3, -0.25) is 0 Å². The highest BCUT2D eigenvalue weighted by Crippen LogP contribution is 2.31. The second-order valence-corrected chi connectivity index (χ2v) is 32.8. The molecule has 190 valence electrons. The Kier molecular flexibility index (Phi) is 9.86. The Bertz CT molecular complexity index is 570. The fourth-order valence-corrected chi connectivity index (χ4v) is 28.8. The first-order valence-corrected chi connectivity index (χ1v) is 27.5. The number of ether oxygens (including phenoxy) is 1. The summed E-state index contributed by atoms with van der Waals surface area (Å²) in [5, 5.41) is 0. The molecule has 0 aliphatic carbocycles. The molecule has 32 heavy (non-hydrogen) atoms. The van der Waals surface area contributed by atoms with Gasteiger partial charge < -0.3 is 26.1 Å². The Labute approximate surface area is 203 Å². The summed E-state index contributed by atoms with van der Waals surface area (Å²) in [6.07, 6.45) is 3.98. The Balaban J connectivity index is 2.00. The van der Waals surface area contributed by atoms with Crippen molar-refractivity contribution in [3.8, 4) is 0 Å². The molecule has 3 rings (SSSR count).